The van der Waals surface area contributed by atoms with Crippen molar-refractivity contribution in [3.8, 4) is 0 Å². The summed E-state index contributed by atoms with van der Waals surface area (Å²) in [6.45, 7) is 17.4. The molecule has 55 heavy (non-hydrogen) atoms. The Morgan fingerprint density at radius 1 is 0.545 bits per heavy atom. The summed E-state index contributed by atoms with van der Waals surface area (Å²) in [5.41, 5.74) is -1.95. The largest absolute Gasteiger partial charge is 0.463 e. The highest BCUT2D eigenvalue weighted by molar-refractivity contribution is 5.76. The fraction of sp³-hybridized carbons (Fsp3) is 0.889. The first-order chi connectivity index (χ1) is 26.4. The quantitative estimate of drug-likeness (QED) is 0.0261. The monoisotopic (exact) mass is 780 g/mol. The lowest BCUT2D eigenvalue weighted by Crippen LogP contribution is -2.36. The molecule has 320 valence electrons. The first-order valence-corrected chi connectivity index (χ1v) is 22.0. The second-order valence-corrected chi connectivity index (χ2v) is 16.3. The lowest BCUT2D eigenvalue weighted by molar-refractivity contribution is -0.167. The molecule has 0 bridgehead atoms. The molecule has 0 aromatic rings. The number of rotatable bonds is 38. The van der Waals surface area contributed by atoms with Crippen molar-refractivity contribution in [2.75, 3.05) is 33.5 Å². The molecule has 0 saturated carbocycles. The zero-order valence-electron chi connectivity index (χ0n) is 36.1. The number of unbranched alkanes of at least 4 members (excludes halogenated alkanes) is 20. The van der Waals surface area contributed by atoms with Crippen LogP contribution in [0.1, 0.15) is 208 Å². The Balaban J connectivity index is 4.86. The van der Waals surface area contributed by atoms with Crippen LogP contribution in [0.3, 0.4) is 0 Å². The highest BCUT2D eigenvalue weighted by Gasteiger charge is 2.43. The molecular formula is C45H81NO9. The standard InChI is InChI=1S/C45H81NO9/c1-8-10-12-14-16-18-20-22-24-26-28-30-40(47)53-36-39(55-42(49)31-29-27-25-23-21-19-17-15-13-11-9-2)37-54-41(48)32-33-45(5,46-6)38-44(3,4)43(50)52-35-34-51-7/h39H,8-38H2,1-5,7H3/t39-,45?/m1/s1. The summed E-state index contributed by atoms with van der Waals surface area (Å²) in [6.07, 6.45) is 25.9. The molecule has 0 saturated heterocycles. The SMILES string of the molecule is [C-]#[N+]C(C)(CCC(=O)OC[C@@H](COC(=O)CCCCCCCCCCCCC)OC(=O)CCCCCCCCCCCCC)CC(C)(C)C(=O)OCCOC. The Bertz CT molecular complexity index is 1040. The van der Waals surface area contributed by atoms with E-state index >= 15 is 0 Å². The Morgan fingerprint density at radius 3 is 1.36 bits per heavy atom. The van der Waals surface area contributed by atoms with Crippen molar-refractivity contribution in [2.24, 2.45) is 5.41 Å². The van der Waals surface area contributed by atoms with E-state index < -0.39 is 35.0 Å². The van der Waals surface area contributed by atoms with Gasteiger partial charge in [0, 0.05) is 39.7 Å². The highest BCUT2D eigenvalue weighted by atomic mass is 16.6. The molecule has 0 amide bonds. The van der Waals surface area contributed by atoms with Crippen LogP contribution in [0.2, 0.25) is 0 Å². The number of hydrogen-bond acceptors (Lipinski definition) is 9. The van der Waals surface area contributed by atoms with Crippen LogP contribution in [0.5, 0.6) is 0 Å². The Morgan fingerprint density at radius 2 is 0.945 bits per heavy atom. The second kappa shape index (κ2) is 34.6. The van der Waals surface area contributed by atoms with Crippen LogP contribution in [0.15, 0.2) is 0 Å². The minimum atomic E-state index is -1.01. The van der Waals surface area contributed by atoms with Crippen LogP contribution in [0.25, 0.3) is 4.85 Å². The second-order valence-electron chi connectivity index (χ2n) is 16.3. The van der Waals surface area contributed by atoms with Crippen LogP contribution in [0, 0.1) is 12.0 Å². The minimum absolute atomic E-state index is 0.0638. The fourth-order valence-corrected chi connectivity index (χ4v) is 6.74. The maximum absolute atomic E-state index is 12.8. The van der Waals surface area contributed by atoms with Crippen LogP contribution < -0.4 is 0 Å². The average molecular weight is 780 g/mol. The maximum atomic E-state index is 12.8. The molecule has 0 aliphatic heterocycles. The van der Waals surface area contributed by atoms with Crippen molar-refractivity contribution in [3.05, 3.63) is 11.4 Å². The molecule has 0 spiro atoms. The summed E-state index contributed by atoms with van der Waals surface area (Å²) < 4.78 is 26.9. The van der Waals surface area contributed by atoms with Crippen molar-refractivity contribution >= 4 is 23.9 Å². The van der Waals surface area contributed by atoms with E-state index in [1.165, 1.54) is 110 Å². The van der Waals surface area contributed by atoms with Crippen molar-refractivity contribution in [2.45, 2.75) is 220 Å². The third-order valence-corrected chi connectivity index (χ3v) is 10.2. The minimum Gasteiger partial charge on any atom is -0.463 e. The average Bonchev–Trinajstić information content (AvgIpc) is 3.16. The summed E-state index contributed by atoms with van der Waals surface area (Å²) in [5, 5.41) is 0. The van der Waals surface area contributed by atoms with Crippen molar-refractivity contribution in [1.82, 2.24) is 0 Å². The van der Waals surface area contributed by atoms with E-state index in [1.54, 1.807) is 20.8 Å². The van der Waals surface area contributed by atoms with Gasteiger partial charge in [0.25, 0.3) is 0 Å². The van der Waals surface area contributed by atoms with Crippen molar-refractivity contribution in [1.29, 1.82) is 0 Å². The topological polar surface area (TPSA) is 119 Å². The van der Waals surface area contributed by atoms with Gasteiger partial charge in [-0.2, -0.15) is 0 Å². The third-order valence-electron chi connectivity index (χ3n) is 10.2. The summed E-state index contributed by atoms with van der Waals surface area (Å²) in [6, 6.07) is 0. The third kappa shape index (κ3) is 31.1. The van der Waals surface area contributed by atoms with E-state index in [0.29, 0.717) is 12.8 Å². The van der Waals surface area contributed by atoms with Gasteiger partial charge in [-0.25, -0.2) is 6.57 Å². The molecule has 0 N–H and O–H groups in total. The van der Waals surface area contributed by atoms with Gasteiger partial charge in [-0.3, -0.25) is 19.2 Å². The molecule has 10 nitrogen and oxygen atoms in total. The number of esters is 4. The lowest BCUT2D eigenvalue weighted by Gasteiger charge is -2.28. The van der Waals surface area contributed by atoms with Crippen LogP contribution >= 0.6 is 0 Å². The maximum Gasteiger partial charge on any atom is 0.311 e. The first-order valence-electron chi connectivity index (χ1n) is 22.0. The summed E-state index contributed by atoms with van der Waals surface area (Å²) in [7, 11) is 1.52. The first kappa shape index (κ1) is 52.3. The molecule has 0 aliphatic rings. The van der Waals surface area contributed by atoms with E-state index in [0.717, 1.165) is 32.1 Å². The molecule has 0 fully saturated rings. The molecule has 2 atom stereocenters. The molecular weight excluding hydrogens is 698 g/mol. The number of hydrogen-bond donors (Lipinski definition) is 0. The summed E-state index contributed by atoms with van der Waals surface area (Å²) >= 11 is 0. The van der Waals surface area contributed by atoms with E-state index in [9.17, 15) is 19.2 Å². The number of carbonyl (C=O) groups excluding carboxylic acids is 4. The van der Waals surface area contributed by atoms with Gasteiger partial charge in [0.2, 0.25) is 5.54 Å². The number of nitrogens with zero attached hydrogens (tertiary/aromatic N) is 1. The van der Waals surface area contributed by atoms with E-state index in [-0.39, 0.29) is 58.1 Å². The van der Waals surface area contributed by atoms with Crippen molar-refractivity contribution < 1.29 is 42.9 Å². The Hall–Kier alpha value is -2.67. The fourth-order valence-electron chi connectivity index (χ4n) is 6.74. The van der Waals surface area contributed by atoms with Gasteiger partial charge < -0.3 is 28.5 Å². The van der Waals surface area contributed by atoms with Crippen LogP contribution in [-0.2, 0) is 42.9 Å². The Labute approximate surface area is 336 Å². The van der Waals surface area contributed by atoms with E-state index in [1.807, 2.05) is 0 Å². The van der Waals surface area contributed by atoms with E-state index in [2.05, 4.69) is 18.7 Å². The molecule has 0 aromatic heterocycles. The molecule has 0 heterocycles. The molecule has 0 aromatic carbocycles. The highest BCUT2D eigenvalue weighted by Crippen LogP contribution is 2.35. The zero-order chi connectivity index (χ0) is 41.0. The number of carbonyl (C=O) groups is 4. The van der Waals surface area contributed by atoms with Crippen molar-refractivity contribution in [3.63, 3.8) is 0 Å². The molecule has 10 heteroatoms. The lowest BCUT2D eigenvalue weighted by atomic mass is 9.77. The smallest absolute Gasteiger partial charge is 0.311 e. The summed E-state index contributed by atoms with van der Waals surface area (Å²) in [4.78, 5) is 54.6. The number of ether oxygens (including phenoxy) is 5. The van der Waals surface area contributed by atoms with E-state index in [4.69, 9.17) is 30.3 Å². The predicted molar refractivity (Wildman–Crippen MR) is 219 cm³/mol. The number of methoxy groups -OCH3 is 1. The molecule has 0 rings (SSSR count). The zero-order valence-corrected chi connectivity index (χ0v) is 36.1. The molecule has 0 radical (unpaired) electrons. The predicted octanol–water partition coefficient (Wildman–Crippen LogP) is 11.5. The molecule has 0 aliphatic carbocycles. The summed E-state index contributed by atoms with van der Waals surface area (Å²) in [5.74, 6) is -1.75. The molecule has 1 unspecified atom stereocenters. The van der Waals surface area contributed by atoms with Gasteiger partial charge in [-0.15, -0.1) is 0 Å². The normalized spacial score (nSPS) is 13.0. The Kier molecular flexibility index (Phi) is 32.9. The van der Waals surface area contributed by atoms with Gasteiger partial charge in [0.15, 0.2) is 6.10 Å². The van der Waals surface area contributed by atoms with Crippen LogP contribution in [-0.4, -0.2) is 69.1 Å². The van der Waals surface area contributed by atoms with Gasteiger partial charge in [0.05, 0.1) is 18.4 Å². The van der Waals surface area contributed by atoms with Gasteiger partial charge in [-0.05, 0) is 26.7 Å². The van der Waals surface area contributed by atoms with Gasteiger partial charge >= 0.3 is 23.9 Å². The van der Waals surface area contributed by atoms with Gasteiger partial charge in [-0.1, -0.05) is 142 Å². The van der Waals surface area contributed by atoms with Crippen LogP contribution in [0.4, 0.5) is 0 Å². The van der Waals surface area contributed by atoms with Gasteiger partial charge in [0.1, 0.15) is 19.8 Å².